The molecule has 3 aliphatic carbocycles. The van der Waals surface area contributed by atoms with E-state index in [1.807, 2.05) is 0 Å². The van der Waals surface area contributed by atoms with E-state index >= 15 is 0 Å². The third-order valence-corrected chi connectivity index (χ3v) is 11.4. The molecule has 0 radical (unpaired) electrons. The quantitative estimate of drug-likeness (QED) is 0.197. The topological polar surface area (TPSA) is 3.24 Å². The van der Waals surface area contributed by atoms with Crippen LogP contribution in [0.3, 0.4) is 0 Å². The average Bonchev–Trinajstić information content (AvgIpc) is 3.56. The number of nitrogens with zero attached hydrogens (tertiary/aromatic N) is 1. The zero-order valence-corrected chi connectivity index (χ0v) is 27.6. The molecular formula is C45H39N. The van der Waals surface area contributed by atoms with Crippen molar-refractivity contribution in [2.24, 2.45) is 0 Å². The van der Waals surface area contributed by atoms with Crippen LogP contribution in [-0.2, 0) is 16.2 Å². The summed E-state index contributed by atoms with van der Waals surface area (Å²) in [5.74, 6) is 0. The van der Waals surface area contributed by atoms with Crippen molar-refractivity contribution in [2.75, 3.05) is 4.90 Å². The number of hydrogen-bond acceptors (Lipinski definition) is 1. The maximum Gasteiger partial charge on any atom is 0.0508 e. The molecule has 0 unspecified atom stereocenters. The Balaban J connectivity index is 1.40. The molecule has 46 heavy (non-hydrogen) atoms. The highest BCUT2D eigenvalue weighted by atomic mass is 15.2. The molecule has 6 aromatic rings. The second-order valence-electron chi connectivity index (χ2n) is 14.9. The van der Waals surface area contributed by atoms with Crippen LogP contribution < -0.4 is 4.90 Å². The molecule has 0 bridgehead atoms. The van der Waals surface area contributed by atoms with Crippen molar-refractivity contribution in [1.29, 1.82) is 0 Å². The summed E-state index contributed by atoms with van der Waals surface area (Å²) < 4.78 is 0. The van der Waals surface area contributed by atoms with E-state index in [0.717, 1.165) is 0 Å². The molecule has 0 spiro atoms. The third-order valence-electron chi connectivity index (χ3n) is 11.4. The summed E-state index contributed by atoms with van der Waals surface area (Å²) in [5.41, 5.74) is 19.8. The monoisotopic (exact) mass is 593 g/mol. The summed E-state index contributed by atoms with van der Waals surface area (Å²) in [7, 11) is 0. The van der Waals surface area contributed by atoms with Crippen molar-refractivity contribution in [3.05, 3.63) is 161 Å². The highest BCUT2D eigenvalue weighted by Gasteiger charge is 2.44. The molecule has 9 rings (SSSR count). The minimum Gasteiger partial charge on any atom is -0.310 e. The van der Waals surface area contributed by atoms with Crippen molar-refractivity contribution in [2.45, 2.75) is 57.8 Å². The summed E-state index contributed by atoms with van der Waals surface area (Å²) in [6, 6.07) is 47.9. The van der Waals surface area contributed by atoms with Crippen LogP contribution in [0.15, 0.2) is 127 Å². The fourth-order valence-corrected chi connectivity index (χ4v) is 9.41. The molecule has 0 N–H and O–H groups in total. The lowest BCUT2D eigenvalue weighted by atomic mass is 9.78. The van der Waals surface area contributed by atoms with Gasteiger partial charge in [-0.3, -0.25) is 0 Å². The van der Waals surface area contributed by atoms with Gasteiger partial charge in [0.05, 0.1) is 17.1 Å². The Morgan fingerprint density at radius 1 is 0.304 bits per heavy atom. The summed E-state index contributed by atoms with van der Waals surface area (Å²) in [6.45, 7) is 14.4. The standard InChI is InChI=1S/C45H39N/c1-43(2)34-22-10-7-16-28(34)31-19-13-25-37(40(31)43)46(38-26-14-20-32-29-17-8-11-23-35(29)44(3,4)41(32)38)39-27-15-21-33-30-18-9-12-24-36(30)45(5,6)42(33)39/h7-27H,1-6H3. The molecule has 3 aliphatic rings. The summed E-state index contributed by atoms with van der Waals surface area (Å²) >= 11 is 0. The van der Waals surface area contributed by atoms with Gasteiger partial charge < -0.3 is 4.90 Å². The van der Waals surface area contributed by atoms with E-state index in [9.17, 15) is 0 Å². The number of rotatable bonds is 3. The number of benzene rings is 6. The Labute approximate surface area is 273 Å². The van der Waals surface area contributed by atoms with Gasteiger partial charge in [-0.25, -0.2) is 0 Å². The van der Waals surface area contributed by atoms with Crippen LogP contribution >= 0.6 is 0 Å². The molecular weight excluding hydrogens is 555 g/mol. The molecule has 0 fully saturated rings. The number of fused-ring (bicyclic) bond motifs is 9. The van der Waals surface area contributed by atoms with E-state index in [4.69, 9.17) is 0 Å². The predicted molar refractivity (Wildman–Crippen MR) is 194 cm³/mol. The fraction of sp³-hybridized carbons (Fsp3) is 0.200. The van der Waals surface area contributed by atoms with Gasteiger partial charge in [-0.1, -0.05) is 151 Å². The fourth-order valence-electron chi connectivity index (χ4n) is 9.41. The SMILES string of the molecule is CC1(C)c2ccccc2-c2cccc(N(c3cccc4c3C(C)(C)c3ccccc3-4)c3cccc4c3C(C)(C)c3ccccc3-4)c21. The first-order chi connectivity index (χ1) is 22.1. The minimum absolute atomic E-state index is 0.159. The Morgan fingerprint density at radius 2 is 0.565 bits per heavy atom. The summed E-state index contributed by atoms with van der Waals surface area (Å²) in [5, 5.41) is 0. The third kappa shape index (κ3) is 3.36. The molecule has 224 valence electrons. The van der Waals surface area contributed by atoms with Gasteiger partial charge in [-0.05, 0) is 85.0 Å². The summed E-state index contributed by atoms with van der Waals surface area (Å²) in [4.78, 5) is 2.64. The second kappa shape index (κ2) is 9.10. The molecule has 1 heteroatoms. The van der Waals surface area contributed by atoms with Crippen LogP contribution in [0.25, 0.3) is 33.4 Å². The van der Waals surface area contributed by atoms with Crippen LogP contribution in [0.1, 0.15) is 74.9 Å². The first-order valence-corrected chi connectivity index (χ1v) is 16.6. The van der Waals surface area contributed by atoms with Gasteiger partial charge in [0.25, 0.3) is 0 Å². The lowest BCUT2D eigenvalue weighted by Gasteiger charge is -2.38. The van der Waals surface area contributed by atoms with E-state index < -0.39 is 0 Å². The molecule has 0 aliphatic heterocycles. The Morgan fingerprint density at radius 3 is 0.870 bits per heavy atom. The van der Waals surface area contributed by atoms with Crippen molar-refractivity contribution in [3.63, 3.8) is 0 Å². The number of anilines is 3. The highest BCUT2D eigenvalue weighted by Crippen LogP contribution is 2.60. The molecule has 6 aromatic carbocycles. The van der Waals surface area contributed by atoms with Gasteiger partial charge >= 0.3 is 0 Å². The predicted octanol–water partition coefficient (Wildman–Crippen LogP) is 12.1. The Bertz CT molecular complexity index is 1990. The maximum absolute atomic E-state index is 2.64. The zero-order chi connectivity index (χ0) is 31.6. The van der Waals surface area contributed by atoms with E-state index in [1.165, 1.54) is 83.8 Å². The van der Waals surface area contributed by atoms with Crippen molar-refractivity contribution >= 4 is 17.1 Å². The van der Waals surface area contributed by atoms with Crippen LogP contribution in [0.4, 0.5) is 17.1 Å². The van der Waals surface area contributed by atoms with Gasteiger partial charge in [0.1, 0.15) is 0 Å². The lowest BCUT2D eigenvalue weighted by Crippen LogP contribution is -2.26. The smallest absolute Gasteiger partial charge is 0.0508 e. The lowest BCUT2D eigenvalue weighted by molar-refractivity contribution is 0.651. The van der Waals surface area contributed by atoms with Crippen LogP contribution in [-0.4, -0.2) is 0 Å². The van der Waals surface area contributed by atoms with Crippen molar-refractivity contribution in [3.8, 4) is 33.4 Å². The van der Waals surface area contributed by atoms with Crippen LogP contribution in [0.2, 0.25) is 0 Å². The molecule has 0 atom stereocenters. The van der Waals surface area contributed by atoms with Gasteiger partial charge in [-0.2, -0.15) is 0 Å². The van der Waals surface area contributed by atoms with Crippen molar-refractivity contribution in [1.82, 2.24) is 0 Å². The first kappa shape index (κ1) is 27.4. The first-order valence-electron chi connectivity index (χ1n) is 16.6. The number of hydrogen-bond donors (Lipinski definition) is 0. The van der Waals surface area contributed by atoms with Crippen molar-refractivity contribution < 1.29 is 0 Å². The maximum atomic E-state index is 2.64. The highest BCUT2D eigenvalue weighted by molar-refractivity contribution is 5.97. The van der Waals surface area contributed by atoms with Crippen LogP contribution in [0, 0.1) is 0 Å². The molecule has 0 saturated carbocycles. The largest absolute Gasteiger partial charge is 0.310 e. The van der Waals surface area contributed by atoms with E-state index in [2.05, 4.69) is 174 Å². The van der Waals surface area contributed by atoms with Crippen LogP contribution in [0.5, 0.6) is 0 Å². The molecule has 1 nitrogen and oxygen atoms in total. The molecule has 0 aromatic heterocycles. The second-order valence-corrected chi connectivity index (χ2v) is 14.9. The Hall–Kier alpha value is -4.88. The van der Waals surface area contributed by atoms with E-state index in [-0.39, 0.29) is 16.2 Å². The molecule has 0 amide bonds. The van der Waals surface area contributed by atoms with Gasteiger partial charge in [-0.15, -0.1) is 0 Å². The average molecular weight is 594 g/mol. The van der Waals surface area contributed by atoms with E-state index in [0.29, 0.717) is 0 Å². The Kier molecular flexibility index (Phi) is 5.43. The van der Waals surface area contributed by atoms with Gasteiger partial charge in [0, 0.05) is 16.2 Å². The minimum atomic E-state index is -0.159. The zero-order valence-electron chi connectivity index (χ0n) is 27.6. The van der Waals surface area contributed by atoms with Gasteiger partial charge in [0.15, 0.2) is 0 Å². The molecule has 0 heterocycles. The summed E-state index contributed by atoms with van der Waals surface area (Å²) in [6.07, 6.45) is 0. The normalized spacial score (nSPS) is 16.6. The van der Waals surface area contributed by atoms with E-state index in [1.54, 1.807) is 0 Å². The molecule has 0 saturated heterocycles. The van der Waals surface area contributed by atoms with Gasteiger partial charge in [0.2, 0.25) is 0 Å².